The molecular weight excluding hydrogens is 142 g/mol. The summed E-state index contributed by atoms with van der Waals surface area (Å²) in [5, 5.41) is 1.19. The number of hydrogen-bond acceptors (Lipinski definition) is 2. The minimum Gasteiger partial charge on any atom is -0.255 e. The fourth-order valence-electron chi connectivity index (χ4n) is 0.874. The summed E-state index contributed by atoms with van der Waals surface area (Å²) in [4.78, 5) is 4.28. The van der Waals surface area contributed by atoms with Gasteiger partial charge in [-0.3, -0.25) is 4.99 Å². The molecule has 0 fully saturated rings. The van der Waals surface area contributed by atoms with Crippen molar-refractivity contribution in [1.82, 2.24) is 0 Å². The van der Waals surface area contributed by atoms with Crippen LogP contribution in [0.5, 0.6) is 0 Å². The van der Waals surface area contributed by atoms with Gasteiger partial charge in [0.05, 0.1) is 5.04 Å². The number of nitrogens with zero attached hydrogens (tertiary/aromatic N) is 1. The molecule has 0 unspecified atom stereocenters. The summed E-state index contributed by atoms with van der Waals surface area (Å²) < 4.78 is 0. The minimum absolute atomic E-state index is 1.19. The number of thioether (sulfide) groups is 1. The van der Waals surface area contributed by atoms with Crippen molar-refractivity contribution in [2.45, 2.75) is 26.7 Å². The van der Waals surface area contributed by atoms with Crippen LogP contribution in [0.2, 0.25) is 0 Å². The predicted octanol–water partition coefficient (Wildman–Crippen LogP) is 2.84. The Hall–Kier alpha value is -0.240. The molecule has 0 aliphatic carbocycles. The average Bonchev–Trinajstić information content (AvgIpc) is 1.90. The minimum atomic E-state index is 1.19. The Morgan fingerprint density at radius 3 is 3.10 bits per heavy atom. The lowest BCUT2D eigenvalue weighted by Gasteiger charge is -2.04. The summed E-state index contributed by atoms with van der Waals surface area (Å²) >= 11 is 1.86. The van der Waals surface area contributed by atoms with Crippen LogP contribution >= 0.6 is 11.8 Å². The molecule has 2 heteroatoms. The maximum Gasteiger partial charge on any atom is 0.0700 e. The Kier molecular flexibility index (Phi) is 3.00. The smallest absolute Gasteiger partial charge is 0.0700 e. The van der Waals surface area contributed by atoms with Crippen molar-refractivity contribution in [1.29, 1.82) is 0 Å². The van der Waals surface area contributed by atoms with E-state index in [0.717, 1.165) is 0 Å². The van der Waals surface area contributed by atoms with Gasteiger partial charge in [0, 0.05) is 6.20 Å². The molecule has 0 atom stereocenters. The highest BCUT2D eigenvalue weighted by Crippen LogP contribution is 2.14. The van der Waals surface area contributed by atoms with E-state index in [1.807, 2.05) is 18.0 Å². The van der Waals surface area contributed by atoms with Crippen molar-refractivity contribution in [3.05, 3.63) is 11.8 Å². The Morgan fingerprint density at radius 1 is 1.50 bits per heavy atom. The normalized spacial score (nSPS) is 25.8. The van der Waals surface area contributed by atoms with Crippen LogP contribution in [0.3, 0.4) is 0 Å². The molecular formula is C8H13NS. The zero-order valence-corrected chi connectivity index (χ0v) is 7.37. The van der Waals surface area contributed by atoms with Crippen LogP contribution < -0.4 is 0 Å². The molecule has 0 aromatic carbocycles. The third-order valence-electron chi connectivity index (χ3n) is 1.49. The van der Waals surface area contributed by atoms with Crippen LogP contribution in [0, 0.1) is 0 Å². The Labute approximate surface area is 66.6 Å². The highest BCUT2D eigenvalue weighted by Gasteiger charge is 1.97. The summed E-state index contributed by atoms with van der Waals surface area (Å²) in [6.07, 6.45) is 4.49. The second-order valence-corrected chi connectivity index (χ2v) is 3.86. The van der Waals surface area contributed by atoms with E-state index in [0.29, 0.717) is 0 Å². The molecule has 0 amide bonds. The number of aliphatic imine (C=N–C) groups is 1. The summed E-state index contributed by atoms with van der Waals surface area (Å²) in [6, 6.07) is 0. The van der Waals surface area contributed by atoms with E-state index in [4.69, 9.17) is 0 Å². The van der Waals surface area contributed by atoms with E-state index in [-0.39, 0.29) is 0 Å². The van der Waals surface area contributed by atoms with Gasteiger partial charge in [0.15, 0.2) is 0 Å². The van der Waals surface area contributed by atoms with Crippen LogP contribution in [0.15, 0.2) is 16.8 Å². The fraction of sp³-hybridized carbons (Fsp3) is 0.625. The summed E-state index contributed by atoms with van der Waals surface area (Å²) in [7, 11) is 0. The number of rotatable bonds is 0. The molecule has 56 valence electrons. The molecule has 10 heavy (non-hydrogen) atoms. The standard InChI is InChI=1S/C8H13NS/c1-7-4-3-5-10-8(2)9-6-7/h6H,3-5H2,1-2H3/b7-6-,9-8?. The first-order chi connectivity index (χ1) is 4.79. The molecule has 0 N–H and O–H groups in total. The van der Waals surface area contributed by atoms with E-state index in [9.17, 15) is 0 Å². The zero-order chi connectivity index (χ0) is 7.40. The van der Waals surface area contributed by atoms with Gasteiger partial charge in [0.2, 0.25) is 0 Å². The summed E-state index contributed by atoms with van der Waals surface area (Å²) in [6.45, 7) is 4.21. The number of hydrogen-bond donors (Lipinski definition) is 0. The molecule has 1 aliphatic rings. The molecule has 0 aromatic rings. The molecule has 1 rings (SSSR count). The number of allylic oxidation sites excluding steroid dienone is 1. The quantitative estimate of drug-likeness (QED) is 0.524. The molecule has 0 bridgehead atoms. The van der Waals surface area contributed by atoms with E-state index in [2.05, 4.69) is 18.8 Å². The van der Waals surface area contributed by atoms with Crippen LogP contribution in [-0.2, 0) is 0 Å². The third-order valence-corrected chi connectivity index (χ3v) is 2.51. The summed E-state index contributed by atoms with van der Waals surface area (Å²) in [5.74, 6) is 1.22. The van der Waals surface area contributed by atoms with Gasteiger partial charge in [-0.1, -0.05) is 5.57 Å². The first-order valence-electron chi connectivity index (χ1n) is 3.62. The SMILES string of the molecule is CC1=N/C=C(/C)CCCS1. The Morgan fingerprint density at radius 2 is 2.30 bits per heavy atom. The second kappa shape index (κ2) is 3.81. The van der Waals surface area contributed by atoms with Crippen molar-refractivity contribution in [2.75, 3.05) is 5.75 Å². The maximum absolute atomic E-state index is 4.28. The summed E-state index contributed by atoms with van der Waals surface area (Å²) in [5.41, 5.74) is 1.40. The largest absolute Gasteiger partial charge is 0.255 e. The fourth-order valence-corrected chi connectivity index (χ4v) is 1.59. The zero-order valence-electron chi connectivity index (χ0n) is 6.55. The van der Waals surface area contributed by atoms with Crippen molar-refractivity contribution in [3.8, 4) is 0 Å². The lowest BCUT2D eigenvalue weighted by Crippen LogP contribution is -1.91. The van der Waals surface area contributed by atoms with Crippen LogP contribution in [0.1, 0.15) is 26.7 Å². The highest BCUT2D eigenvalue weighted by atomic mass is 32.2. The Bertz CT molecular complexity index is 150. The molecule has 0 saturated heterocycles. The predicted molar refractivity (Wildman–Crippen MR) is 48.6 cm³/mol. The van der Waals surface area contributed by atoms with Crippen LogP contribution in [-0.4, -0.2) is 10.8 Å². The van der Waals surface area contributed by atoms with Gasteiger partial charge in [-0.05, 0) is 32.4 Å². The first kappa shape index (κ1) is 7.86. The van der Waals surface area contributed by atoms with E-state index >= 15 is 0 Å². The van der Waals surface area contributed by atoms with Crippen LogP contribution in [0.25, 0.3) is 0 Å². The molecule has 1 heterocycles. The monoisotopic (exact) mass is 155 g/mol. The third kappa shape index (κ3) is 2.56. The van der Waals surface area contributed by atoms with Gasteiger partial charge in [0.1, 0.15) is 0 Å². The van der Waals surface area contributed by atoms with Gasteiger partial charge in [-0.2, -0.15) is 0 Å². The Balaban J connectivity index is 2.61. The molecule has 1 nitrogen and oxygen atoms in total. The second-order valence-electron chi connectivity index (χ2n) is 2.58. The topological polar surface area (TPSA) is 12.4 Å². The van der Waals surface area contributed by atoms with Crippen molar-refractivity contribution < 1.29 is 0 Å². The lowest BCUT2D eigenvalue weighted by molar-refractivity contribution is 0.911. The molecule has 0 spiro atoms. The van der Waals surface area contributed by atoms with Crippen molar-refractivity contribution in [2.24, 2.45) is 4.99 Å². The highest BCUT2D eigenvalue weighted by molar-refractivity contribution is 8.13. The van der Waals surface area contributed by atoms with Gasteiger partial charge in [-0.15, -0.1) is 11.8 Å². The van der Waals surface area contributed by atoms with E-state index in [1.165, 1.54) is 29.2 Å². The van der Waals surface area contributed by atoms with Crippen molar-refractivity contribution >= 4 is 16.8 Å². The molecule has 0 saturated carbocycles. The molecule has 0 radical (unpaired) electrons. The van der Waals surface area contributed by atoms with E-state index < -0.39 is 0 Å². The maximum atomic E-state index is 4.28. The molecule has 0 aromatic heterocycles. The lowest BCUT2D eigenvalue weighted by atomic mass is 10.2. The van der Waals surface area contributed by atoms with Crippen molar-refractivity contribution in [3.63, 3.8) is 0 Å². The van der Waals surface area contributed by atoms with Gasteiger partial charge < -0.3 is 0 Å². The van der Waals surface area contributed by atoms with Gasteiger partial charge in [0.25, 0.3) is 0 Å². The van der Waals surface area contributed by atoms with Gasteiger partial charge in [-0.25, -0.2) is 0 Å². The van der Waals surface area contributed by atoms with E-state index in [1.54, 1.807) is 0 Å². The average molecular weight is 155 g/mol. The van der Waals surface area contributed by atoms with Gasteiger partial charge >= 0.3 is 0 Å². The molecule has 1 aliphatic heterocycles. The van der Waals surface area contributed by atoms with Crippen LogP contribution in [0.4, 0.5) is 0 Å². The first-order valence-corrected chi connectivity index (χ1v) is 4.60.